The zero-order valence-electron chi connectivity index (χ0n) is 24.4. The van der Waals surface area contributed by atoms with Crippen molar-refractivity contribution in [1.29, 1.82) is 0 Å². The molecule has 6 heterocycles. The smallest absolute Gasteiger partial charge is 0.318 e. The van der Waals surface area contributed by atoms with Gasteiger partial charge >= 0.3 is 6.01 Å². The summed E-state index contributed by atoms with van der Waals surface area (Å²) in [4.78, 5) is 28.3. The van der Waals surface area contributed by atoms with Crippen molar-refractivity contribution in [1.82, 2.24) is 20.2 Å². The lowest BCUT2D eigenvalue weighted by Gasteiger charge is -2.49. The molecule has 0 aliphatic carbocycles. The summed E-state index contributed by atoms with van der Waals surface area (Å²) in [6.45, 7) is 4.07. The van der Waals surface area contributed by atoms with Crippen LogP contribution in [0.4, 0.5) is 20.3 Å². The molecule has 12 heteroatoms. The fourth-order valence-corrected chi connectivity index (χ4v) is 8.59. The number of amides is 1. The minimum absolute atomic E-state index is 0.0139. The maximum Gasteiger partial charge on any atom is 0.318 e. The van der Waals surface area contributed by atoms with Crippen molar-refractivity contribution in [2.45, 2.75) is 68.7 Å². The molecule has 44 heavy (non-hydrogen) atoms. The second-order valence-electron chi connectivity index (χ2n) is 13.2. The van der Waals surface area contributed by atoms with Crippen LogP contribution in [0.25, 0.3) is 10.8 Å². The summed E-state index contributed by atoms with van der Waals surface area (Å²) in [6.07, 6.45) is 4.49. The number of rotatable bonds is 5. The molecule has 1 unspecified atom stereocenters. The maximum atomic E-state index is 14.6. The van der Waals surface area contributed by atoms with E-state index in [4.69, 9.17) is 26.3 Å². The van der Waals surface area contributed by atoms with E-state index in [9.17, 15) is 18.7 Å². The average molecular weight is 625 g/mol. The Morgan fingerprint density at radius 3 is 2.82 bits per heavy atom. The third-order valence-corrected chi connectivity index (χ3v) is 10.7. The quantitative estimate of drug-likeness (QED) is 0.401. The summed E-state index contributed by atoms with van der Waals surface area (Å²) in [5.41, 5.74) is 1.86. The molecule has 0 saturated carbocycles. The van der Waals surface area contributed by atoms with E-state index in [0.717, 1.165) is 55.8 Å². The Morgan fingerprint density at radius 1 is 1.14 bits per heavy atom. The van der Waals surface area contributed by atoms with Gasteiger partial charge in [0.2, 0.25) is 5.91 Å². The predicted molar refractivity (Wildman–Crippen MR) is 163 cm³/mol. The number of aromatic nitrogens is 2. The summed E-state index contributed by atoms with van der Waals surface area (Å²) in [5.74, 6) is 0.435. The van der Waals surface area contributed by atoms with Crippen molar-refractivity contribution >= 4 is 39.8 Å². The van der Waals surface area contributed by atoms with Gasteiger partial charge in [-0.05, 0) is 56.2 Å². The molecule has 4 saturated heterocycles. The van der Waals surface area contributed by atoms with Crippen LogP contribution < -0.4 is 19.9 Å². The lowest BCUT2D eigenvalue weighted by molar-refractivity contribution is -0.133. The number of phenolic OH excluding ortho intramolecular Hbond substituents is 1. The third kappa shape index (κ3) is 4.62. The number of benzene rings is 2. The van der Waals surface area contributed by atoms with E-state index >= 15 is 0 Å². The van der Waals surface area contributed by atoms with E-state index in [0.29, 0.717) is 68.5 Å². The molecular formula is C32H35ClF2N6O3. The lowest BCUT2D eigenvalue weighted by Crippen LogP contribution is -2.68. The Morgan fingerprint density at radius 2 is 1.98 bits per heavy atom. The second kappa shape index (κ2) is 10.3. The molecule has 8 rings (SSSR count). The fourth-order valence-electron chi connectivity index (χ4n) is 8.32. The molecule has 5 aliphatic heterocycles. The molecule has 3 aromatic rings. The lowest BCUT2D eigenvalue weighted by atomic mass is 9.79. The van der Waals surface area contributed by atoms with Gasteiger partial charge in [-0.25, -0.2) is 8.78 Å². The molecule has 5 aliphatic rings. The maximum absolute atomic E-state index is 14.6. The highest BCUT2D eigenvalue weighted by Gasteiger charge is 2.50. The highest BCUT2D eigenvalue weighted by Crippen LogP contribution is 2.43. The molecule has 1 amide bonds. The van der Waals surface area contributed by atoms with Gasteiger partial charge in [-0.1, -0.05) is 17.7 Å². The normalized spacial score (nSPS) is 28.2. The zero-order chi connectivity index (χ0) is 30.2. The number of hydrogen-bond acceptors (Lipinski definition) is 8. The molecule has 4 fully saturated rings. The molecule has 0 bridgehead atoms. The highest BCUT2D eigenvalue weighted by molar-refractivity contribution is 6.37. The fraction of sp³-hybridized carbons (Fsp3) is 0.531. The van der Waals surface area contributed by atoms with Crippen LogP contribution in [0.3, 0.4) is 0 Å². The number of aromatic hydroxyl groups is 1. The highest BCUT2D eigenvalue weighted by atomic mass is 35.5. The van der Waals surface area contributed by atoms with Crippen LogP contribution in [0.15, 0.2) is 24.3 Å². The molecule has 232 valence electrons. The van der Waals surface area contributed by atoms with E-state index in [1.165, 1.54) is 6.07 Å². The molecule has 2 aromatic carbocycles. The monoisotopic (exact) mass is 624 g/mol. The number of carbonyl (C=O) groups excluding carboxylic acids is 1. The molecule has 9 nitrogen and oxygen atoms in total. The van der Waals surface area contributed by atoms with E-state index in [-0.39, 0.29) is 33.8 Å². The van der Waals surface area contributed by atoms with Crippen LogP contribution in [-0.4, -0.2) is 82.5 Å². The minimum Gasteiger partial charge on any atom is -0.508 e. The average Bonchev–Trinajstić information content (AvgIpc) is 3.52. The Bertz CT molecular complexity index is 1670. The number of fused-ring (bicyclic) bond motifs is 3. The summed E-state index contributed by atoms with van der Waals surface area (Å²) in [7, 11) is 0. The van der Waals surface area contributed by atoms with Crippen LogP contribution in [0.2, 0.25) is 5.02 Å². The zero-order valence-corrected chi connectivity index (χ0v) is 25.2. The van der Waals surface area contributed by atoms with Crippen LogP contribution in [-0.2, 0) is 17.8 Å². The molecule has 3 atom stereocenters. The van der Waals surface area contributed by atoms with Crippen LogP contribution in [0.1, 0.15) is 49.8 Å². The Balaban J connectivity index is 1.16. The topological polar surface area (TPSA) is 94.1 Å². The Labute approximate surface area is 259 Å². The third-order valence-electron chi connectivity index (χ3n) is 10.3. The predicted octanol–water partition coefficient (Wildman–Crippen LogP) is 4.50. The number of carbonyl (C=O) groups is 1. The summed E-state index contributed by atoms with van der Waals surface area (Å²) < 4.78 is 35.4. The van der Waals surface area contributed by atoms with Crippen molar-refractivity contribution in [3.8, 4) is 11.8 Å². The first-order chi connectivity index (χ1) is 21.2. The van der Waals surface area contributed by atoms with Crippen LogP contribution in [0, 0.1) is 5.82 Å². The number of nitrogens with zero attached hydrogens (tertiary/aromatic N) is 5. The Kier molecular flexibility index (Phi) is 6.57. The molecular weight excluding hydrogens is 590 g/mol. The molecule has 1 spiro atoms. The Hall–Kier alpha value is -3.44. The number of hydrogen-bond donors (Lipinski definition) is 2. The van der Waals surface area contributed by atoms with Crippen molar-refractivity contribution in [2.75, 3.05) is 49.1 Å². The van der Waals surface area contributed by atoms with Crippen molar-refractivity contribution < 1.29 is 23.4 Å². The number of alkyl halides is 1. The van der Waals surface area contributed by atoms with E-state index < -0.39 is 12.0 Å². The number of phenols is 1. The molecule has 2 N–H and O–H groups in total. The summed E-state index contributed by atoms with van der Waals surface area (Å²) in [5, 5.41) is 14.9. The first kappa shape index (κ1) is 28.1. The van der Waals surface area contributed by atoms with Gasteiger partial charge in [-0.15, -0.1) is 0 Å². The first-order valence-electron chi connectivity index (χ1n) is 15.5. The second-order valence-corrected chi connectivity index (χ2v) is 13.6. The van der Waals surface area contributed by atoms with Crippen molar-refractivity contribution in [3.63, 3.8) is 0 Å². The van der Waals surface area contributed by atoms with Gasteiger partial charge in [0.1, 0.15) is 30.2 Å². The molecule has 0 radical (unpaired) electrons. The number of ether oxygens (including phenoxy) is 1. The first-order valence-corrected chi connectivity index (χ1v) is 15.9. The van der Waals surface area contributed by atoms with E-state index in [1.54, 1.807) is 18.2 Å². The van der Waals surface area contributed by atoms with Gasteiger partial charge in [0, 0.05) is 49.6 Å². The number of halogens is 3. The largest absolute Gasteiger partial charge is 0.508 e. The number of β-lactam (4-membered cyclic amide) rings is 1. The number of anilines is 2. The van der Waals surface area contributed by atoms with E-state index in [1.807, 2.05) is 0 Å². The van der Waals surface area contributed by atoms with Gasteiger partial charge in [-0.2, -0.15) is 9.97 Å². The number of piperidine rings is 1. The SMILES string of the molecule is O=C1CC2(CCCN(c3nc(OC[C@@]45CCCN4C[C@H](F)C5)nc4c3CCN(c3cc(O)cc5ccc(F)c(Cl)c35)C4)C2)N1. The van der Waals surface area contributed by atoms with Crippen LogP contribution >= 0.6 is 11.6 Å². The van der Waals surface area contributed by atoms with E-state index in [2.05, 4.69) is 20.0 Å². The summed E-state index contributed by atoms with van der Waals surface area (Å²) >= 11 is 6.47. The van der Waals surface area contributed by atoms with Gasteiger partial charge in [0.15, 0.2) is 0 Å². The minimum atomic E-state index is -0.858. The van der Waals surface area contributed by atoms with Gasteiger partial charge in [-0.3, -0.25) is 9.69 Å². The van der Waals surface area contributed by atoms with Gasteiger partial charge in [0.25, 0.3) is 0 Å². The van der Waals surface area contributed by atoms with Gasteiger partial charge < -0.3 is 25.0 Å². The van der Waals surface area contributed by atoms with Crippen molar-refractivity contribution in [2.24, 2.45) is 0 Å². The van der Waals surface area contributed by atoms with Crippen molar-refractivity contribution in [3.05, 3.63) is 46.4 Å². The standard InChI is InChI=1S/C32H35ClF2N6O3/c33-28-23(35)4-3-19-11-21(42)12-25(27(19)28)39-10-5-22-24(16-39)36-30(44-18-32-7-2-9-41(32)15-20(34)13-32)37-29(22)40-8-1-6-31(17-40)14-26(43)38-31/h3-4,11-12,20,42H,1-2,5-10,13-18H2,(H,38,43)/t20-,31?,32+/m1/s1. The van der Waals surface area contributed by atoms with Gasteiger partial charge in [0.05, 0.1) is 40.4 Å². The van der Waals surface area contributed by atoms with Crippen LogP contribution in [0.5, 0.6) is 11.8 Å². The summed E-state index contributed by atoms with van der Waals surface area (Å²) in [6, 6.07) is 6.38. The molecule has 1 aromatic heterocycles. The number of nitrogens with one attached hydrogen (secondary N) is 1.